The molecule has 5 nitrogen and oxygen atoms in total. The molecule has 0 aliphatic carbocycles. The molecule has 100 valence electrons. The SMILES string of the molecule is CC(CN(C)C)NCc1ccc([N+](=O)[O-])cc1Cl. The minimum absolute atomic E-state index is 0.0186. The van der Waals surface area contributed by atoms with Gasteiger partial charge in [-0.1, -0.05) is 11.6 Å². The molecule has 0 fully saturated rings. The summed E-state index contributed by atoms with van der Waals surface area (Å²) in [6.45, 7) is 3.61. The van der Waals surface area contributed by atoms with Crippen molar-refractivity contribution in [2.75, 3.05) is 20.6 Å². The van der Waals surface area contributed by atoms with E-state index in [-0.39, 0.29) is 5.69 Å². The largest absolute Gasteiger partial charge is 0.309 e. The van der Waals surface area contributed by atoms with Crippen LogP contribution in [-0.4, -0.2) is 36.5 Å². The number of halogens is 1. The van der Waals surface area contributed by atoms with Crippen LogP contribution >= 0.6 is 11.6 Å². The number of nitrogens with one attached hydrogen (secondary N) is 1. The lowest BCUT2D eigenvalue weighted by molar-refractivity contribution is -0.384. The van der Waals surface area contributed by atoms with Gasteiger partial charge in [0.15, 0.2) is 0 Å². The average molecular weight is 272 g/mol. The monoisotopic (exact) mass is 271 g/mol. The van der Waals surface area contributed by atoms with Crippen LogP contribution in [0.4, 0.5) is 5.69 Å². The van der Waals surface area contributed by atoms with E-state index in [1.165, 1.54) is 12.1 Å². The number of rotatable bonds is 6. The predicted molar refractivity (Wildman–Crippen MR) is 73.0 cm³/mol. The normalized spacial score (nSPS) is 12.7. The fourth-order valence-corrected chi connectivity index (χ4v) is 1.93. The van der Waals surface area contributed by atoms with Crippen molar-refractivity contribution in [1.29, 1.82) is 0 Å². The summed E-state index contributed by atoms with van der Waals surface area (Å²) in [5.74, 6) is 0. The summed E-state index contributed by atoms with van der Waals surface area (Å²) < 4.78 is 0. The highest BCUT2D eigenvalue weighted by molar-refractivity contribution is 6.31. The average Bonchev–Trinajstić information content (AvgIpc) is 2.26. The van der Waals surface area contributed by atoms with Gasteiger partial charge in [-0.05, 0) is 32.6 Å². The van der Waals surface area contributed by atoms with Crippen LogP contribution in [0.2, 0.25) is 5.02 Å². The van der Waals surface area contributed by atoms with Crippen LogP contribution < -0.4 is 5.32 Å². The Morgan fingerprint density at radius 3 is 2.67 bits per heavy atom. The van der Waals surface area contributed by atoms with E-state index in [2.05, 4.69) is 17.1 Å². The third-order valence-electron chi connectivity index (χ3n) is 2.53. The van der Waals surface area contributed by atoms with Crippen molar-refractivity contribution >= 4 is 17.3 Å². The van der Waals surface area contributed by atoms with Gasteiger partial charge >= 0.3 is 0 Å². The van der Waals surface area contributed by atoms with E-state index in [1.807, 2.05) is 14.1 Å². The van der Waals surface area contributed by atoms with Gasteiger partial charge in [0, 0.05) is 31.3 Å². The highest BCUT2D eigenvalue weighted by atomic mass is 35.5. The number of nitro groups is 1. The smallest absolute Gasteiger partial charge is 0.270 e. The maximum Gasteiger partial charge on any atom is 0.270 e. The van der Waals surface area contributed by atoms with Gasteiger partial charge in [-0.3, -0.25) is 10.1 Å². The molecule has 0 aromatic heterocycles. The zero-order valence-corrected chi connectivity index (χ0v) is 11.6. The predicted octanol–water partition coefficient (Wildman–Crippen LogP) is 2.29. The molecule has 0 saturated heterocycles. The summed E-state index contributed by atoms with van der Waals surface area (Å²) in [4.78, 5) is 12.2. The van der Waals surface area contributed by atoms with Gasteiger partial charge in [0.05, 0.1) is 9.95 Å². The van der Waals surface area contributed by atoms with Crippen molar-refractivity contribution in [2.45, 2.75) is 19.5 Å². The van der Waals surface area contributed by atoms with E-state index in [0.29, 0.717) is 17.6 Å². The number of likely N-dealkylation sites (N-methyl/N-ethyl adjacent to an activating group) is 1. The topological polar surface area (TPSA) is 58.4 Å². The van der Waals surface area contributed by atoms with Crippen LogP contribution in [-0.2, 0) is 6.54 Å². The molecule has 0 saturated carbocycles. The number of benzene rings is 1. The van der Waals surface area contributed by atoms with Crippen LogP contribution in [0.25, 0.3) is 0 Å². The lowest BCUT2D eigenvalue weighted by Gasteiger charge is -2.18. The van der Waals surface area contributed by atoms with E-state index in [0.717, 1.165) is 12.1 Å². The Balaban J connectivity index is 2.60. The molecule has 1 N–H and O–H groups in total. The standard InChI is InChI=1S/C12H18ClN3O2/c1-9(8-15(2)3)14-7-10-4-5-11(16(17)18)6-12(10)13/h4-6,9,14H,7-8H2,1-3H3. The zero-order valence-electron chi connectivity index (χ0n) is 10.8. The minimum atomic E-state index is -0.447. The molecule has 0 aliphatic rings. The highest BCUT2D eigenvalue weighted by Crippen LogP contribution is 2.22. The molecule has 0 radical (unpaired) electrons. The molecule has 1 aromatic rings. The van der Waals surface area contributed by atoms with Crippen LogP contribution in [0, 0.1) is 10.1 Å². The molecule has 1 unspecified atom stereocenters. The Bertz CT molecular complexity index is 424. The van der Waals surface area contributed by atoms with E-state index < -0.39 is 4.92 Å². The first-order chi connectivity index (χ1) is 8.40. The van der Waals surface area contributed by atoms with E-state index >= 15 is 0 Å². The second-order valence-corrected chi connectivity index (χ2v) is 4.98. The first kappa shape index (κ1) is 14.9. The number of hydrogen-bond donors (Lipinski definition) is 1. The quantitative estimate of drug-likeness (QED) is 0.637. The molecule has 1 atom stereocenters. The third kappa shape index (κ3) is 4.60. The molecule has 0 amide bonds. The molecular formula is C12H18ClN3O2. The minimum Gasteiger partial charge on any atom is -0.309 e. The lowest BCUT2D eigenvalue weighted by atomic mass is 10.2. The maximum absolute atomic E-state index is 10.6. The first-order valence-electron chi connectivity index (χ1n) is 5.71. The summed E-state index contributed by atoms with van der Waals surface area (Å²) in [6, 6.07) is 4.87. The number of hydrogen-bond acceptors (Lipinski definition) is 4. The summed E-state index contributed by atoms with van der Waals surface area (Å²) in [6.07, 6.45) is 0. The van der Waals surface area contributed by atoms with Crippen molar-refractivity contribution in [3.8, 4) is 0 Å². The van der Waals surface area contributed by atoms with Crippen molar-refractivity contribution in [2.24, 2.45) is 0 Å². The Labute approximate surface area is 112 Å². The zero-order chi connectivity index (χ0) is 13.7. The van der Waals surface area contributed by atoms with E-state index in [4.69, 9.17) is 11.6 Å². The molecule has 1 rings (SSSR count). The van der Waals surface area contributed by atoms with Gasteiger partial charge in [0.1, 0.15) is 0 Å². The van der Waals surface area contributed by atoms with Gasteiger partial charge in [-0.25, -0.2) is 0 Å². The molecular weight excluding hydrogens is 254 g/mol. The maximum atomic E-state index is 10.6. The van der Waals surface area contributed by atoms with Crippen LogP contribution in [0.5, 0.6) is 0 Å². The fourth-order valence-electron chi connectivity index (χ4n) is 1.69. The van der Waals surface area contributed by atoms with Crippen molar-refractivity contribution in [1.82, 2.24) is 10.2 Å². The molecule has 0 bridgehead atoms. The molecule has 0 spiro atoms. The van der Waals surface area contributed by atoms with Gasteiger partial charge < -0.3 is 10.2 Å². The molecule has 0 aliphatic heterocycles. The molecule has 1 aromatic carbocycles. The van der Waals surface area contributed by atoms with Crippen LogP contribution in [0.1, 0.15) is 12.5 Å². The van der Waals surface area contributed by atoms with Crippen molar-refractivity contribution in [3.63, 3.8) is 0 Å². The molecule has 0 heterocycles. The fraction of sp³-hybridized carbons (Fsp3) is 0.500. The Hall–Kier alpha value is -1.17. The lowest BCUT2D eigenvalue weighted by Crippen LogP contribution is -2.35. The second kappa shape index (κ2) is 6.68. The van der Waals surface area contributed by atoms with Crippen molar-refractivity contribution < 1.29 is 4.92 Å². The Morgan fingerprint density at radius 1 is 1.50 bits per heavy atom. The van der Waals surface area contributed by atoms with Gasteiger partial charge in [-0.2, -0.15) is 0 Å². The van der Waals surface area contributed by atoms with Crippen LogP contribution in [0.3, 0.4) is 0 Å². The van der Waals surface area contributed by atoms with E-state index in [1.54, 1.807) is 6.07 Å². The number of nitrogens with zero attached hydrogens (tertiary/aromatic N) is 2. The van der Waals surface area contributed by atoms with Gasteiger partial charge in [0.2, 0.25) is 0 Å². The number of non-ortho nitro benzene ring substituents is 1. The Kier molecular flexibility index (Phi) is 5.53. The summed E-state index contributed by atoms with van der Waals surface area (Å²) in [5.41, 5.74) is 0.887. The van der Waals surface area contributed by atoms with E-state index in [9.17, 15) is 10.1 Å². The van der Waals surface area contributed by atoms with Gasteiger partial charge in [-0.15, -0.1) is 0 Å². The number of nitro benzene ring substituents is 1. The highest BCUT2D eigenvalue weighted by Gasteiger charge is 2.10. The van der Waals surface area contributed by atoms with Crippen LogP contribution in [0.15, 0.2) is 18.2 Å². The molecule has 6 heteroatoms. The third-order valence-corrected chi connectivity index (χ3v) is 2.88. The second-order valence-electron chi connectivity index (χ2n) is 4.58. The summed E-state index contributed by atoms with van der Waals surface area (Å²) in [5, 5.41) is 14.3. The summed E-state index contributed by atoms with van der Waals surface area (Å²) in [7, 11) is 4.02. The Morgan fingerprint density at radius 2 is 2.17 bits per heavy atom. The molecule has 18 heavy (non-hydrogen) atoms. The summed E-state index contributed by atoms with van der Waals surface area (Å²) >= 11 is 6.01. The van der Waals surface area contributed by atoms with Crippen molar-refractivity contribution in [3.05, 3.63) is 38.9 Å². The van der Waals surface area contributed by atoms with Gasteiger partial charge in [0.25, 0.3) is 5.69 Å². The first-order valence-corrected chi connectivity index (χ1v) is 6.09.